The Hall–Kier alpha value is -2.44. The quantitative estimate of drug-likeness (QED) is 0.707. The molecule has 2 aromatic rings. The fourth-order valence-electron chi connectivity index (χ4n) is 1.76. The second kappa shape index (κ2) is 7.63. The van der Waals surface area contributed by atoms with Crippen LogP contribution in [0.4, 0.5) is 16.4 Å². The number of urea groups is 1. The van der Waals surface area contributed by atoms with Crippen LogP contribution in [-0.4, -0.2) is 43.2 Å². The SMILES string of the molecule is COc1cc(OC)nc(NC(=O)N(c2ccccc2Br)S(=O)(=O)[O-])n1. The lowest BCUT2D eigenvalue weighted by molar-refractivity contribution is 0.259. The van der Waals surface area contributed by atoms with Crippen molar-refractivity contribution in [3.05, 3.63) is 34.8 Å². The lowest BCUT2D eigenvalue weighted by atomic mass is 10.3. The summed E-state index contributed by atoms with van der Waals surface area (Å²) in [5.74, 6) is -0.166. The van der Waals surface area contributed by atoms with Gasteiger partial charge in [-0.1, -0.05) is 12.1 Å². The van der Waals surface area contributed by atoms with E-state index in [-0.39, 0.29) is 32.2 Å². The standard InChI is InChI=1S/C13H13BrN4O6S/c1-23-10-7-11(24-2)16-12(15-10)17-13(19)18(25(20,21)22)9-6-4-3-5-8(9)14/h3-7H,1-2H3,(H,20,21,22)(H,15,16,17,19)/p-1. The highest BCUT2D eigenvalue weighted by molar-refractivity contribution is 9.10. The maximum absolute atomic E-state index is 12.4. The number of methoxy groups -OCH3 is 2. The molecule has 134 valence electrons. The first-order chi connectivity index (χ1) is 11.8. The predicted molar refractivity (Wildman–Crippen MR) is 90.5 cm³/mol. The van der Waals surface area contributed by atoms with Crippen LogP contribution in [0.2, 0.25) is 0 Å². The molecule has 25 heavy (non-hydrogen) atoms. The van der Waals surface area contributed by atoms with E-state index in [9.17, 15) is 17.8 Å². The first-order valence-corrected chi connectivity index (χ1v) is 8.70. The van der Waals surface area contributed by atoms with E-state index in [1.54, 1.807) is 6.07 Å². The highest BCUT2D eigenvalue weighted by Gasteiger charge is 2.25. The molecule has 0 saturated heterocycles. The molecular formula is C13H12BrN4O6S-. The van der Waals surface area contributed by atoms with Crippen LogP contribution in [0.3, 0.4) is 0 Å². The van der Waals surface area contributed by atoms with E-state index in [1.807, 2.05) is 0 Å². The van der Waals surface area contributed by atoms with Crippen LogP contribution >= 0.6 is 15.9 Å². The van der Waals surface area contributed by atoms with Crippen molar-refractivity contribution < 1.29 is 27.2 Å². The van der Waals surface area contributed by atoms with E-state index in [0.717, 1.165) is 0 Å². The molecule has 0 atom stereocenters. The molecular weight excluding hydrogens is 420 g/mol. The minimum absolute atomic E-state index is 0.0480. The van der Waals surface area contributed by atoms with Gasteiger partial charge in [0.05, 0.1) is 26.0 Å². The summed E-state index contributed by atoms with van der Waals surface area (Å²) in [5.41, 5.74) is -0.162. The van der Waals surface area contributed by atoms with Gasteiger partial charge < -0.3 is 14.0 Å². The van der Waals surface area contributed by atoms with Gasteiger partial charge in [-0.15, -0.1) is 0 Å². The van der Waals surface area contributed by atoms with E-state index in [0.29, 0.717) is 0 Å². The number of carbonyl (C=O) groups excluding carboxylic acids is 1. The molecule has 1 aromatic heterocycles. The molecule has 0 fully saturated rings. The zero-order valence-corrected chi connectivity index (χ0v) is 15.4. The van der Waals surface area contributed by atoms with Crippen molar-refractivity contribution in [1.82, 2.24) is 9.97 Å². The van der Waals surface area contributed by atoms with Gasteiger partial charge in [0.25, 0.3) is 0 Å². The lowest BCUT2D eigenvalue weighted by Crippen LogP contribution is -2.40. The first kappa shape index (κ1) is 18.9. The number of hydrogen-bond donors (Lipinski definition) is 1. The monoisotopic (exact) mass is 431 g/mol. The minimum atomic E-state index is -5.17. The molecule has 0 aliphatic rings. The lowest BCUT2D eigenvalue weighted by Gasteiger charge is -2.25. The summed E-state index contributed by atoms with van der Waals surface area (Å²) in [6.45, 7) is 0. The van der Waals surface area contributed by atoms with Gasteiger partial charge in [-0.2, -0.15) is 14.3 Å². The van der Waals surface area contributed by atoms with E-state index in [1.165, 1.54) is 38.5 Å². The Labute approximate surface area is 151 Å². The highest BCUT2D eigenvalue weighted by atomic mass is 79.9. The summed E-state index contributed by atoms with van der Waals surface area (Å²) in [6, 6.07) is 5.91. The zero-order chi connectivity index (χ0) is 18.6. The van der Waals surface area contributed by atoms with E-state index >= 15 is 0 Å². The Morgan fingerprint density at radius 1 is 1.20 bits per heavy atom. The summed E-state index contributed by atoms with van der Waals surface area (Å²) in [4.78, 5) is 20.0. The van der Waals surface area contributed by atoms with E-state index in [4.69, 9.17) is 9.47 Å². The summed E-state index contributed by atoms with van der Waals surface area (Å²) >= 11 is 3.09. The fraction of sp³-hybridized carbons (Fsp3) is 0.154. The Morgan fingerprint density at radius 2 is 1.76 bits per heavy atom. The number of anilines is 2. The summed E-state index contributed by atoms with van der Waals surface area (Å²) in [7, 11) is -2.50. The average Bonchev–Trinajstić information content (AvgIpc) is 2.55. The normalized spacial score (nSPS) is 10.9. The number of aromatic nitrogens is 2. The number of carbonyl (C=O) groups is 1. The molecule has 10 nitrogen and oxygen atoms in total. The molecule has 0 radical (unpaired) electrons. The van der Waals surface area contributed by atoms with Crippen LogP contribution in [-0.2, 0) is 10.3 Å². The second-order valence-corrected chi connectivity index (χ2v) is 6.45. The Kier molecular flexibility index (Phi) is 5.77. The number of hydrogen-bond acceptors (Lipinski definition) is 8. The van der Waals surface area contributed by atoms with Crippen molar-refractivity contribution in [1.29, 1.82) is 0 Å². The number of benzene rings is 1. The number of ether oxygens (including phenoxy) is 2. The van der Waals surface area contributed by atoms with Gasteiger partial charge in [0, 0.05) is 4.47 Å². The van der Waals surface area contributed by atoms with Gasteiger partial charge in [-0.3, -0.25) is 5.32 Å². The van der Waals surface area contributed by atoms with Gasteiger partial charge in [-0.25, -0.2) is 13.2 Å². The number of halogens is 1. The van der Waals surface area contributed by atoms with E-state index < -0.39 is 16.3 Å². The predicted octanol–water partition coefficient (Wildman–Crippen LogP) is 1.75. The third kappa shape index (κ3) is 4.55. The van der Waals surface area contributed by atoms with Crippen molar-refractivity contribution in [2.75, 3.05) is 23.8 Å². The van der Waals surface area contributed by atoms with Crippen molar-refractivity contribution in [3.63, 3.8) is 0 Å². The van der Waals surface area contributed by atoms with Gasteiger partial charge in [-0.05, 0) is 28.1 Å². The summed E-state index contributed by atoms with van der Waals surface area (Å²) < 4.78 is 44.8. The molecule has 0 saturated carbocycles. The Bertz CT molecular complexity index is 870. The van der Waals surface area contributed by atoms with Gasteiger partial charge in [0.2, 0.25) is 17.7 Å². The van der Waals surface area contributed by atoms with Crippen molar-refractivity contribution >= 4 is 43.9 Å². The van der Waals surface area contributed by atoms with Gasteiger partial charge >= 0.3 is 6.03 Å². The summed E-state index contributed by atoms with van der Waals surface area (Å²) in [6.07, 6.45) is 0. The molecule has 2 rings (SSSR count). The molecule has 0 unspecified atom stereocenters. The van der Waals surface area contributed by atoms with Crippen LogP contribution in [0.15, 0.2) is 34.8 Å². The zero-order valence-electron chi connectivity index (χ0n) is 13.0. The second-order valence-electron chi connectivity index (χ2n) is 4.38. The van der Waals surface area contributed by atoms with Crippen LogP contribution in [0.1, 0.15) is 0 Å². The van der Waals surface area contributed by atoms with Crippen LogP contribution < -0.4 is 19.1 Å². The Balaban J connectivity index is 2.41. The van der Waals surface area contributed by atoms with Crippen LogP contribution in [0, 0.1) is 0 Å². The molecule has 1 N–H and O–H groups in total. The molecule has 0 aliphatic heterocycles. The minimum Gasteiger partial charge on any atom is -0.730 e. The third-order valence-corrected chi connectivity index (χ3v) is 4.28. The molecule has 0 spiro atoms. The average molecular weight is 432 g/mol. The topological polar surface area (TPSA) is 134 Å². The van der Waals surface area contributed by atoms with Crippen LogP contribution in [0.5, 0.6) is 11.8 Å². The molecule has 12 heteroatoms. The van der Waals surface area contributed by atoms with Gasteiger partial charge in [0.15, 0.2) is 10.3 Å². The first-order valence-electron chi connectivity index (χ1n) is 6.55. The van der Waals surface area contributed by atoms with Crippen LogP contribution in [0.25, 0.3) is 0 Å². The molecule has 0 aliphatic carbocycles. The summed E-state index contributed by atoms with van der Waals surface area (Å²) in [5, 5.41) is 2.13. The number of nitrogens with zero attached hydrogens (tertiary/aromatic N) is 3. The third-order valence-electron chi connectivity index (χ3n) is 2.80. The number of rotatable bonds is 5. The van der Waals surface area contributed by atoms with Crippen molar-refractivity contribution in [2.45, 2.75) is 0 Å². The molecule has 2 amide bonds. The Morgan fingerprint density at radius 3 is 2.24 bits per heavy atom. The highest BCUT2D eigenvalue weighted by Crippen LogP contribution is 2.28. The molecule has 1 aromatic carbocycles. The van der Waals surface area contributed by atoms with E-state index in [2.05, 4.69) is 31.2 Å². The number of para-hydroxylation sites is 1. The maximum Gasteiger partial charge on any atom is 0.341 e. The number of amides is 2. The van der Waals surface area contributed by atoms with Crippen molar-refractivity contribution in [2.24, 2.45) is 0 Å². The smallest absolute Gasteiger partial charge is 0.341 e. The molecule has 0 bridgehead atoms. The number of nitrogens with one attached hydrogen (secondary N) is 1. The molecule has 1 heterocycles. The van der Waals surface area contributed by atoms with Gasteiger partial charge in [0.1, 0.15) is 0 Å². The fourth-order valence-corrected chi connectivity index (χ4v) is 2.99. The maximum atomic E-state index is 12.4. The van der Waals surface area contributed by atoms with Crippen molar-refractivity contribution in [3.8, 4) is 11.8 Å². The largest absolute Gasteiger partial charge is 0.730 e.